The van der Waals surface area contributed by atoms with Gasteiger partial charge in [0.05, 0.1) is 17.3 Å². The lowest BCUT2D eigenvalue weighted by Crippen LogP contribution is -2.42. The largest absolute Gasteiger partial charge is 0.405 e. The number of benzene rings is 2. The molecule has 1 unspecified atom stereocenters. The zero-order chi connectivity index (χ0) is 35.4. The molecule has 7 heteroatoms. The summed E-state index contributed by atoms with van der Waals surface area (Å²) in [6.07, 6.45) is 10.5. The molecule has 0 saturated carbocycles. The Kier molecular flexibility index (Phi) is 13.5. The van der Waals surface area contributed by atoms with Crippen LogP contribution in [-0.4, -0.2) is 41.7 Å². The molecular weight excluding hydrogens is 617 g/mol. The molecule has 1 aliphatic heterocycles. The molecule has 1 aliphatic carbocycles. The number of aryl methyl sites for hydroxylation is 1. The third-order valence-electron chi connectivity index (χ3n) is 9.60. The maximum Gasteiger partial charge on any atom is 0.405 e. The van der Waals surface area contributed by atoms with Crippen LogP contribution in [0.3, 0.4) is 0 Å². The number of halogens is 3. The van der Waals surface area contributed by atoms with Crippen LogP contribution in [0.25, 0.3) is 11.1 Å². The number of unbranched alkanes of at least 4 members (excludes halogenated alkanes) is 1. The number of hydrogen-bond acceptors (Lipinski definition) is 4. The smallest absolute Gasteiger partial charge is 0.379 e. The van der Waals surface area contributed by atoms with Crippen molar-refractivity contribution in [1.29, 1.82) is 0 Å². The van der Waals surface area contributed by atoms with E-state index in [0.29, 0.717) is 12.1 Å². The van der Waals surface area contributed by atoms with Crippen molar-refractivity contribution in [2.75, 3.05) is 25.0 Å². The van der Waals surface area contributed by atoms with Gasteiger partial charge in [-0.1, -0.05) is 107 Å². The number of hydrogen-bond donors (Lipinski definition) is 2. The number of piperidine rings is 1. The van der Waals surface area contributed by atoms with Gasteiger partial charge in [0.2, 0.25) is 0 Å². The Morgan fingerprint density at radius 2 is 1.63 bits per heavy atom. The Balaban J connectivity index is 0.00000265. The fourth-order valence-electron chi connectivity index (χ4n) is 7.30. The molecule has 49 heavy (non-hydrogen) atoms. The number of likely N-dealkylation sites (tertiary alicyclic amines) is 1. The molecule has 0 amide bonds. The number of pyridine rings is 1. The van der Waals surface area contributed by atoms with Crippen molar-refractivity contribution in [2.24, 2.45) is 0 Å². The van der Waals surface area contributed by atoms with E-state index in [1.54, 1.807) is 0 Å². The van der Waals surface area contributed by atoms with Crippen LogP contribution < -0.4 is 10.6 Å². The predicted octanol–water partition coefficient (Wildman–Crippen LogP) is 10.8. The van der Waals surface area contributed by atoms with Crippen molar-refractivity contribution in [2.45, 2.75) is 90.3 Å². The Bertz CT molecular complexity index is 1560. The minimum Gasteiger partial charge on any atom is -0.379 e. The van der Waals surface area contributed by atoms with Gasteiger partial charge in [-0.3, -0.25) is 9.88 Å². The van der Waals surface area contributed by atoms with E-state index in [4.69, 9.17) is 4.98 Å². The van der Waals surface area contributed by atoms with Crippen LogP contribution in [0, 0.1) is 0 Å². The monoisotopic (exact) mass is 670 g/mol. The molecule has 0 bridgehead atoms. The van der Waals surface area contributed by atoms with Gasteiger partial charge < -0.3 is 10.6 Å². The van der Waals surface area contributed by atoms with Gasteiger partial charge in [-0.05, 0) is 92.5 Å². The highest BCUT2D eigenvalue weighted by Crippen LogP contribution is 2.54. The molecule has 1 aromatic heterocycles. The molecule has 3 aromatic rings. The van der Waals surface area contributed by atoms with E-state index in [-0.39, 0.29) is 6.04 Å². The van der Waals surface area contributed by atoms with E-state index in [0.717, 1.165) is 78.1 Å². The lowest BCUT2D eigenvalue weighted by atomic mass is 9.71. The molecule has 1 fully saturated rings. The number of rotatable bonds is 14. The number of alkyl halides is 3. The van der Waals surface area contributed by atoms with Gasteiger partial charge in [0.1, 0.15) is 6.54 Å². The summed E-state index contributed by atoms with van der Waals surface area (Å²) in [5.41, 5.74) is 8.00. The lowest BCUT2D eigenvalue weighted by Gasteiger charge is -2.37. The zero-order valence-corrected chi connectivity index (χ0v) is 29.7. The average Bonchev–Trinajstić information content (AvgIpc) is 3.40. The molecule has 0 spiro atoms. The van der Waals surface area contributed by atoms with Gasteiger partial charge in [0.15, 0.2) is 0 Å². The van der Waals surface area contributed by atoms with Gasteiger partial charge in [0, 0.05) is 29.7 Å². The summed E-state index contributed by atoms with van der Waals surface area (Å²) in [5, 5.41) is 6.18. The second-order valence-corrected chi connectivity index (χ2v) is 12.7. The van der Waals surface area contributed by atoms with Crippen LogP contribution in [0.5, 0.6) is 0 Å². The first-order chi connectivity index (χ1) is 23.7. The van der Waals surface area contributed by atoms with Crippen LogP contribution in [0.1, 0.15) is 83.0 Å². The highest BCUT2D eigenvalue weighted by atomic mass is 19.4. The summed E-state index contributed by atoms with van der Waals surface area (Å²) in [6, 6.07) is 20.4. The zero-order valence-electron chi connectivity index (χ0n) is 29.7. The topological polar surface area (TPSA) is 40.2 Å². The number of anilines is 1. The third-order valence-corrected chi connectivity index (χ3v) is 9.60. The van der Waals surface area contributed by atoms with Gasteiger partial charge in [0.25, 0.3) is 0 Å². The first-order valence-corrected chi connectivity index (χ1v) is 17.8. The molecule has 1 saturated heterocycles. The predicted molar refractivity (Wildman–Crippen MR) is 200 cm³/mol. The van der Waals surface area contributed by atoms with Gasteiger partial charge in [-0.25, -0.2) is 0 Å². The maximum absolute atomic E-state index is 13.3. The average molecular weight is 671 g/mol. The van der Waals surface area contributed by atoms with E-state index in [2.05, 4.69) is 85.0 Å². The SMILES string of the molecule is C=C(Nc1ccc(CCCCC2(C(=C)NCC(F)(F)F)c3ccccc3-c3ccccc32)nc1)C1CCCCN1CC(/C=C\C)=C/C.CC. The highest BCUT2D eigenvalue weighted by Gasteiger charge is 2.45. The van der Waals surface area contributed by atoms with Crippen LogP contribution in [-0.2, 0) is 11.8 Å². The van der Waals surface area contributed by atoms with Crippen molar-refractivity contribution in [1.82, 2.24) is 15.2 Å². The summed E-state index contributed by atoms with van der Waals surface area (Å²) in [5.74, 6) is 0. The second-order valence-electron chi connectivity index (χ2n) is 12.7. The third kappa shape index (κ3) is 9.13. The van der Waals surface area contributed by atoms with Crippen LogP contribution in [0.15, 0.2) is 115 Å². The molecule has 1 atom stereocenters. The lowest BCUT2D eigenvalue weighted by molar-refractivity contribution is -0.123. The van der Waals surface area contributed by atoms with Crippen molar-refractivity contribution in [3.8, 4) is 11.1 Å². The Morgan fingerprint density at radius 1 is 0.959 bits per heavy atom. The van der Waals surface area contributed by atoms with Gasteiger partial charge >= 0.3 is 6.18 Å². The van der Waals surface area contributed by atoms with Gasteiger partial charge in [-0.2, -0.15) is 13.2 Å². The van der Waals surface area contributed by atoms with E-state index in [1.165, 1.54) is 18.4 Å². The molecule has 2 heterocycles. The first kappa shape index (κ1) is 37.7. The number of nitrogens with one attached hydrogen (secondary N) is 2. The summed E-state index contributed by atoms with van der Waals surface area (Å²) >= 11 is 0. The van der Waals surface area contributed by atoms with Gasteiger partial charge in [-0.15, -0.1) is 0 Å². The molecule has 2 aromatic carbocycles. The minimum absolute atomic E-state index is 0.266. The fourth-order valence-corrected chi connectivity index (χ4v) is 7.30. The van der Waals surface area contributed by atoms with E-state index < -0.39 is 18.1 Å². The minimum atomic E-state index is -4.33. The molecule has 2 N–H and O–H groups in total. The fraction of sp³-hybridized carbons (Fsp3) is 0.405. The normalized spacial score (nSPS) is 17.1. The maximum atomic E-state index is 13.3. The number of fused-ring (bicyclic) bond motifs is 3. The number of nitrogens with zero attached hydrogens (tertiary/aromatic N) is 2. The van der Waals surface area contributed by atoms with Crippen molar-refractivity contribution < 1.29 is 13.2 Å². The number of allylic oxidation sites excluding steroid dienone is 3. The molecule has 4 nitrogen and oxygen atoms in total. The second kappa shape index (κ2) is 17.5. The Morgan fingerprint density at radius 3 is 2.22 bits per heavy atom. The summed E-state index contributed by atoms with van der Waals surface area (Å²) in [6.45, 7) is 17.6. The van der Waals surface area contributed by atoms with E-state index >= 15 is 0 Å². The van der Waals surface area contributed by atoms with Crippen LogP contribution in [0.4, 0.5) is 18.9 Å². The first-order valence-electron chi connectivity index (χ1n) is 17.8. The van der Waals surface area contributed by atoms with Crippen molar-refractivity contribution in [3.63, 3.8) is 0 Å². The molecule has 262 valence electrons. The summed E-state index contributed by atoms with van der Waals surface area (Å²) < 4.78 is 39.8. The van der Waals surface area contributed by atoms with E-state index in [9.17, 15) is 13.2 Å². The standard InChI is InChI=1S/C40H47F3N4.C2H6/c1-5-15-31(6-2)27-47-25-14-12-21-38(47)29(3)46-33-23-22-32(44-26-33)16-11-13-24-39(30(4)45-28-40(41,42)43)36-19-9-7-17-34(36)35-18-8-10-20-37(35)39;1-2/h5-10,15,17-20,22-23,26,38,45-46H,3-4,11-14,16,21,24-25,27-28H2,1-2H3;1-2H3/b15-5-,31-6+;. The van der Waals surface area contributed by atoms with Crippen LogP contribution in [0.2, 0.25) is 0 Å². The quantitative estimate of drug-likeness (QED) is 0.132. The Hall–Kier alpha value is -4.10. The molecule has 0 radical (unpaired) electrons. The Labute approximate surface area is 291 Å². The summed E-state index contributed by atoms with van der Waals surface area (Å²) in [4.78, 5) is 7.25. The summed E-state index contributed by atoms with van der Waals surface area (Å²) in [7, 11) is 0. The molecule has 2 aliphatic rings. The van der Waals surface area contributed by atoms with Crippen molar-refractivity contribution in [3.05, 3.63) is 132 Å². The highest BCUT2D eigenvalue weighted by molar-refractivity contribution is 5.83. The molecular formula is C42H53F3N4. The molecule has 5 rings (SSSR count). The van der Waals surface area contributed by atoms with Crippen molar-refractivity contribution >= 4 is 5.69 Å². The number of aromatic nitrogens is 1. The van der Waals surface area contributed by atoms with Crippen LogP contribution >= 0.6 is 0 Å². The van der Waals surface area contributed by atoms with E-state index in [1.807, 2.05) is 56.4 Å².